The molecule has 42 heavy (non-hydrogen) atoms. The predicted molar refractivity (Wildman–Crippen MR) is 179 cm³/mol. The van der Waals surface area contributed by atoms with E-state index in [9.17, 15) is 0 Å². The van der Waals surface area contributed by atoms with Crippen LogP contribution in [0.5, 0.6) is 0 Å². The number of fused-ring (bicyclic) bond motifs is 8. The minimum Gasteiger partial charge on any atom is -0.313 e. The van der Waals surface area contributed by atoms with Crippen LogP contribution in [0.1, 0.15) is 18.4 Å². The van der Waals surface area contributed by atoms with Gasteiger partial charge in [-0.1, -0.05) is 97.1 Å². The van der Waals surface area contributed by atoms with Gasteiger partial charge in [-0.25, -0.2) is 0 Å². The molecule has 9 rings (SSSR count). The highest BCUT2D eigenvalue weighted by Gasteiger charge is 2.19. The molecular weight excluding hydrogens is 508 g/mol. The van der Waals surface area contributed by atoms with Crippen LogP contribution in [0.2, 0.25) is 0 Å². The molecule has 1 aliphatic carbocycles. The van der Waals surface area contributed by atoms with E-state index in [1.165, 1.54) is 76.9 Å². The number of allylic oxidation sites excluding steroid dienone is 4. The fourth-order valence-electron chi connectivity index (χ4n) is 7.13. The maximum atomic E-state index is 2.49. The van der Waals surface area contributed by atoms with Gasteiger partial charge in [0.2, 0.25) is 0 Å². The number of hydrogen-bond donors (Lipinski definition) is 0. The first-order valence-corrected chi connectivity index (χ1v) is 14.8. The Labute approximate surface area is 244 Å². The molecule has 0 radical (unpaired) electrons. The van der Waals surface area contributed by atoms with Gasteiger partial charge in [-0.15, -0.1) is 0 Å². The molecular formula is C40H28N2. The van der Waals surface area contributed by atoms with Crippen molar-refractivity contribution >= 4 is 65.7 Å². The third kappa shape index (κ3) is 3.39. The first-order valence-electron chi connectivity index (χ1n) is 14.8. The Morgan fingerprint density at radius 1 is 0.429 bits per heavy atom. The molecule has 2 aromatic heterocycles. The largest absolute Gasteiger partial charge is 0.313 e. The normalized spacial score (nSPS) is 13.8. The Morgan fingerprint density at radius 3 is 1.90 bits per heavy atom. The van der Waals surface area contributed by atoms with Crippen molar-refractivity contribution in [2.45, 2.75) is 12.8 Å². The van der Waals surface area contributed by atoms with E-state index in [1.807, 2.05) is 0 Å². The van der Waals surface area contributed by atoms with Crippen LogP contribution in [0.25, 0.3) is 71.3 Å². The molecule has 198 valence electrons. The lowest BCUT2D eigenvalue weighted by Gasteiger charge is -2.18. The Balaban J connectivity index is 1.19. The molecule has 0 N–H and O–H groups in total. The van der Waals surface area contributed by atoms with Gasteiger partial charge in [0.15, 0.2) is 0 Å². The van der Waals surface area contributed by atoms with Crippen LogP contribution < -0.4 is 0 Å². The molecule has 2 heterocycles. The summed E-state index contributed by atoms with van der Waals surface area (Å²) in [6, 6.07) is 48.6. The van der Waals surface area contributed by atoms with E-state index < -0.39 is 0 Å². The van der Waals surface area contributed by atoms with E-state index in [0.29, 0.717) is 0 Å². The molecule has 0 spiro atoms. The zero-order chi connectivity index (χ0) is 27.6. The van der Waals surface area contributed by atoms with Gasteiger partial charge in [-0.05, 0) is 83.3 Å². The summed E-state index contributed by atoms with van der Waals surface area (Å²) in [4.78, 5) is 0. The van der Waals surface area contributed by atoms with Crippen molar-refractivity contribution in [3.8, 4) is 5.69 Å². The Bertz CT molecular complexity index is 2400. The first-order chi connectivity index (χ1) is 20.8. The van der Waals surface area contributed by atoms with Crippen molar-refractivity contribution in [2.75, 3.05) is 0 Å². The molecule has 0 saturated heterocycles. The fourth-order valence-corrected chi connectivity index (χ4v) is 7.13. The van der Waals surface area contributed by atoms with Crippen molar-refractivity contribution in [1.82, 2.24) is 9.13 Å². The third-order valence-electron chi connectivity index (χ3n) is 9.03. The molecule has 1 aliphatic rings. The summed E-state index contributed by atoms with van der Waals surface area (Å²) in [6.07, 6.45) is 6.70. The van der Waals surface area contributed by atoms with E-state index in [1.54, 1.807) is 0 Å². The zero-order valence-corrected chi connectivity index (χ0v) is 23.2. The topological polar surface area (TPSA) is 9.86 Å². The lowest BCUT2D eigenvalue weighted by Crippen LogP contribution is -2.01. The Morgan fingerprint density at radius 2 is 1.10 bits per heavy atom. The fraction of sp³-hybridized carbons (Fsp3) is 0.0500. The van der Waals surface area contributed by atoms with Gasteiger partial charge in [0.05, 0.1) is 22.1 Å². The summed E-state index contributed by atoms with van der Waals surface area (Å²) in [5, 5.41) is 7.87. The van der Waals surface area contributed by atoms with Crippen LogP contribution in [0.15, 0.2) is 146 Å². The average Bonchev–Trinajstić information content (AvgIpc) is 3.58. The molecule has 0 aliphatic heterocycles. The summed E-state index contributed by atoms with van der Waals surface area (Å²) in [5.41, 5.74) is 10.3. The van der Waals surface area contributed by atoms with Crippen molar-refractivity contribution < 1.29 is 0 Å². The predicted octanol–water partition coefficient (Wildman–Crippen LogP) is 10.8. The molecule has 0 fully saturated rings. The number of nitrogens with zero attached hydrogens (tertiary/aromatic N) is 2. The molecule has 2 heteroatoms. The second-order valence-corrected chi connectivity index (χ2v) is 11.3. The lowest BCUT2D eigenvalue weighted by atomic mass is 9.94. The zero-order valence-electron chi connectivity index (χ0n) is 23.2. The minimum absolute atomic E-state index is 0.996. The third-order valence-corrected chi connectivity index (χ3v) is 9.03. The van der Waals surface area contributed by atoms with Crippen molar-refractivity contribution in [1.29, 1.82) is 0 Å². The van der Waals surface area contributed by atoms with E-state index >= 15 is 0 Å². The van der Waals surface area contributed by atoms with Crippen LogP contribution in [-0.4, -0.2) is 9.13 Å². The van der Waals surface area contributed by atoms with Crippen LogP contribution in [0, 0.1) is 0 Å². The second-order valence-electron chi connectivity index (χ2n) is 11.3. The maximum Gasteiger partial charge on any atom is 0.0544 e. The molecule has 8 aromatic rings. The van der Waals surface area contributed by atoms with Gasteiger partial charge in [-0.3, -0.25) is 0 Å². The Hall–Kier alpha value is -5.34. The number of para-hydroxylation sites is 3. The van der Waals surface area contributed by atoms with Gasteiger partial charge in [0.25, 0.3) is 0 Å². The highest BCUT2D eigenvalue weighted by Crippen LogP contribution is 2.40. The number of hydrogen-bond acceptors (Lipinski definition) is 0. The van der Waals surface area contributed by atoms with E-state index in [4.69, 9.17) is 0 Å². The van der Waals surface area contributed by atoms with E-state index in [0.717, 1.165) is 12.8 Å². The van der Waals surface area contributed by atoms with Crippen molar-refractivity contribution in [3.05, 3.63) is 151 Å². The molecule has 0 unspecified atom stereocenters. The summed E-state index contributed by atoms with van der Waals surface area (Å²) in [6.45, 7) is 0. The molecule has 2 nitrogen and oxygen atoms in total. The molecule has 0 amide bonds. The Kier molecular flexibility index (Phi) is 5.06. The van der Waals surface area contributed by atoms with E-state index in [2.05, 4.69) is 155 Å². The van der Waals surface area contributed by atoms with Crippen molar-refractivity contribution in [2.24, 2.45) is 0 Å². The minimum atomic E-state index is 0.996. The highest BCUT2D eigenvalue weighted by atomic mass is 15.0. The SMILES string of the molecule is C1=C(c2ccc3c(c2)c2ccccc2n3-c2ccccc2)CCC(n2c3ccccc3c3c4ccccc4ccc32)=C1. The van der Waals surface area contributed by atoms with Crippen LogP contribution in [0.3, 0.4) is 0 Å². The molecule has 0 bridgehead atoms. The average molecular weight is 537 g/mol. The van der Waals surface area contributed by atoms with E-state index in [-0.39, 0.29) is 0 Å². The van der Waals surface area contributed by atoms with Gasteiger partial charge in [-0.2, -0.15) is 0 Å². The number of rotatable bonds is 3. The van der Waals surface area contributed by atoms with Gasteiger partial charge < -0.3 is 9.13 Å². The summed E-state index contributed by atoms with van der Waals surface area (Å²) >= 11 is 0. The molecule has 0 saturated carbocycles. The van der Waals surface area contributed by atoms with Gasteiger partial charge in [0.1, 0.15) is 0 Å². The number of benzene rings is 6. The monoisotopic (exact) mass is 536 g/mol. The second kappa shape index (κ2) is 9.09. The van der Waals surface area contributed by atoms with Crippen molar-refractivity contribution in [3.63, 3.8) is 0 Å². The first kappa shape index (κ1) is 23.4. The summed E-state index contributed by atoms with van der Waals surface area (Å²) < 4.78 is 4.87. The molecule has 0 atom stereocenters. The summed E-state index contributed by atoms with van der Waals surface area (Å²) in [5.74, 6) is 0. The van der Waals surface area contributed by atoms with Crippen LogP contribution in [0.4, 0.5) is 0 Å². The van der Waals surface area contributed by atoms with Crippen LogP contribution >= 0.6 is 0 Å². The quantitative estimate of drug-likeness (QED) is 0.213. The molecule has 6 aromatic carbocycles. The van der Waals surface area contributed by atoms with Gasteiger partial charge in [0, 0.05) is 32.9 Å². The summed E-state index contributed by atoms with van der Waals surface area (Å²) in [7, 11) is 0. The standard InChI is InChI=1S/C40H28N2/c1-2-11-30(12-3-1)41-36-16-8-6-14-33(36)35-26-29(21-24-38(35)41)27-18-22-31(23-19-27)42-37-17-9-7-15-34(37)40-32-13-5-4-10-28(32)20-25-39(40)42/h1-18,20-22,24-26H,19,23H2. The highest BCUT2D eigenvalue weighted by molar-refractivity contribution is 6.21. The maximum absolute atomic E-state index is 2.49. The smallest absolute Gasteiger partial charge is 0.0544 e. The lowest BCUT2D eigenvalue weighted by molar-refractivity contribution is 0.992. The number of aromatic nitrogens is 2. The van der Waals surface area contributed by atoms with Crippen LogP contribution in [-0.2, 0) is 0 Å². The van der Waals surface area contributed by atoms with Gasteiger partial charge >= 0.3 is 0 Å².